The second kappa shape index (κ2) is 5.31. The number of aromatic nitrogens is 2. The molecular weight excluding hydrogens is 324 g/mol. The molecule has 2 aliphatic rings. The Morgan fingerprint density at radius 3 is 2.75 bits per heavy atom. The van der Waals surface area contributed by atoms with Gasteiger partial charge in [0.25, 0.3) is 5.91 Å². The predicted molar refractivity (Wildman–Crippen MR) is 94.3 cm³/mol. The molecule has 1 aliphatic carbocycles. The smallest absolute Gasteiger partial charge is 0.254 e. The zero-order chi connectivity index (χ0) is 17.1. The topological polar surface area (TPSA) is 50.0 Å². The Labute approximate surface area is 146 Å². The van der Waals surface area contributed by atoms with Gasteiger partial charge >= 0.3 is 0 Å². The van der Waals surface area contributed by atoms with Crippen LogP contribution in [-0.4, -0.2) is 32.8 Å². The van der Waals surface area contributed by atoms with Crippen LogP contribution in [0.3, 0.4) is 0 Å². The van der Waals surface area contributed by atoms with E-state index in [0.29, 0.717) is 10.9 Å². The number of amides is 1. The first-order valence-electron chi connectivity index (χ1n) is 8.50. The standard InChI is InChI=1S/C18H21ClN4O/c1-4-13-15(14-8-7-12(19)10-22(14)20-13)16-18(2,3)17(24)23(21-16)9-11-5-6-11/h7-8,10-11H,4-6,9H2,1-3H3. The van der Waals surface area contributed by atoms with Crippen LogP contribution < -0.4 is 0 Å². The van der Waals surface area contributed by atoms with E-state index < -0.39 is 5.41 Å². The molecule has 3 heterocycles. The van der Waals surface area contributed by atoms with Crippen molar-refractivity contribution in [2.24, 2.45) is 16.4 Å². The van der Waals surface area contributed by atoms with Crippen LogP contribution in [0.5, 0.6) is 0 Å². The third kappa shape index (κ3) is 2.34. The van der Waals surface area contributed by atoms with E-state index in [4.69, 9.17) is 16.7 Å². The number of aryl methyl sites for hydroxylation is 1. The van der Waals surface area contributed by atoms with Crippen molar-refractivity contribution < 1.29 is 4.79 Å². The van der Waals surface area contributed by atoms with Gasteiger partial charge in [-0.3, -0.25) is 4.79 Å². The van der Waals surface area contributed by atoms with Crippen molar-refractivity contribution in [2.75, 3.05) is 6.54 Å². The largest absolute Gasteiger partial charge is 0.272 e. The van der Waals surface area contributed by atoms with Gasteiger partial charge in [0.2, 0.25) is 0 Å². The summed E-state index contributed by atoms with van der Waals surface area (Å²) in [4.78, 5) is 12.8. The monoisotopic (exact) mass is 344 g/mol. The normalized spacial score (nSPS) is 20.1. The first-order valence-corrected chi connectivity index (χ1v) is 8.87. The molecule has 1 aliphatic heterocycles. The number of nitrogens with zero attached hydrogens (tertiary/aromatic N) is 4. The average molecular weight is 345 g/mol. The fourth-order valence-electron chi connectivity index (χ4n) is 3.32. The van der Waals surface area contributed by atoms with Crippen molar-refractivity contribution in [2.45, 2.75) is 40.0 Å². The maximum atomic E-state index is 12.8. The molecule has 126 valence electrons. The third-order valence-corrected chi connectivity index (χ3v) is 5.17. The summed E-state index contributed by atoms with van der Waals surface area (Å²) in [7, 11) is 0. The SMILES string of the molecule is CCc1nn2cc(Cl)ccc2c1C1=NN(CC2CC2)C(=O)C1(C)C. The van der Waals surface area contributed by atoms with Gasteiger partial charge in [-0.2, -0.15) is 10.2 Å². The summed E-state index contributed by atoms with van der Waals surface area (Å²) in [6.45, 7) is 6.72. The molecule has 1 amide bonds. The molecule has 0 atom stereocenters. The molecule has 0 bridgehead atoms. The summed E-state index contributed by atoms with van der Waals surface area (Å²) in [6, 6.07) is 3.81. The van der Waals surface area contributed by atoms with Gasteiger partial charge in [0.15, 0.2) is 0 Å². The van der Waals surface area contributed by atoms with E-state index in [2.05, 4.69) is 12.0 Å². The molecule has 0 radical (unpaired) electrons. The maximum absolute atomic E-state index is 12.8. The summed E-state index contributed by atoms with van der Waals surface area (Å²) in [5.41, 5.74) is 3.06. The van der Waals surface area contributed by atoms with Crippen molar-refractivity contribution in [1.29, 1.82) is 0 Å². The fraction of sp³-hybridized carbons (Fsp3) is 0.500. The van der Waals surface area contributed by atoms with Gasteiger partial charge in [0.1, 0.15) is 0 Å². The highest BCUT2D eigenvalue weighted by Gasteiger charge is 2.46. The van der Waals surface area contributed by atoms with Crippen molar-refractivity contribution >= 4 is 28.7 Å². The van der Waals surface area contributed by atoms with Gasteiger partial charge in [-0.05, 0) is 51.2 Å². The number of hydrazone groups is 1. The van der Waals surface area contributed by atoms with Crippen LogP contribution in [-0.2, 0) is 11.2 Å². The molecule has 0 saturated heterocycles. The molecule has 6 heteroatoms. The number of halogens is 1. The third-order valence-electron chi connectivity index (χ3n) is 4.95. The minimum Gasteiger partial charge on any atom is -0.272 e. The Kier molecular flexibility index (Phi) is 3.46. The quantitative estimate of drug-likeness (QED) is 0.851. The summed E-state index contributed by atoms with van der Waals surface area (Å²) >= 11 is 6.10. The minimum absolute atomic E-state index is 0.0831. The Hall–Kier alpha value is -1.88. The lowest BCUT2D eigenvalue weighted by atomic mass is 9.82. The van der Waals surface area contributed by atoms with E-state index in [0.717, 1.165) is 35.5 Å². The number of carbonyl (C=O) groups excluding carboxylic acids is 1. The average Bonchev–Trinajstić information content (AvgIpc) is 3.24. The van der Waals surface area contributed by atoms with Crippen LogP contribution in [0.15, 0.2) is 23.4 Å². The van der Waals surface area contributed by atoms with Gasteiger partial charge in [0, 0.05) is 18.3 Å². The van der Waals surface area contributed by atoms with Gasteiger partial charge in [-0.25, -0.2) is 9.52 Å². The van der Waals surface area contributed by atoms with E-state index in [-0.39, 0.29) is 5.91 Å². The molecule has 5 nitrogen and oxygen atoms in total. The van der Waals surface area contributed by atoms with Gasteiger partial charge in [-0.15, -0.1) is 0 Å². The Bertz CT molecular complexity index is 863. The van der Waals surface area contributed by atoms with Gasteiger partial charge < -0.3 is 0 Å². The molecule has 2 aromatic rings. The molecule has 1 fully saturated rings. The van der Waals surface area contributed by atoms with Crippen LogP contribution in [0, 0.1) is 11.3 Å². The lowest BCUT2D eigenvalue weighted by molar-refractivity contribution is -0.135. The van der Waals surface area contributed by atoms with E-state index in [1.54, 1.807) is 15.7 Å². The van der Waals surface area contributed by atoms with Crippen LogP contribution >= 0.6 is 11.6 Å². The first-order chi connectivity index (χ1) is 11.4. The van der Waals surface area contributed by atoms with Crippen molar-refractivity contribution in [3.8, 4) is 0 Å². The van der Waals surface area contributed by atoms with Gasteiger partial charge in [0.05, 0.1) is 27.4 Å². The lowest BCUT2D eigenvalue weighted by Crippen LogP contribution is -2.36. The molecule has 0 unspecified atom stereocenters. The zero-order valence-corrected chi connectivity index (χ0v) is 15.0. The highest BCUT2D eigenvalue weighted by molar-refractivity contribution is 6.30. The van der Waals surface area contributed by atoms with Crippen molar-refractivity contribution in [3.05, 3.63) is 34.6 Å². The molecule has 4 rings (SSSR count). The van der Waals surface area contributed by atoms with E-state index in [1.807, 2.05) is 26.0 Å². The molecule has 24 heavy (non-hydrogen) atoms. The van der Waals surface area contributed by atoms with Crippen molar-refractivity contribution in [1.82, 2.24) is 14.6 Å². The number of rotatable bonds is 4. The van der Waals surface area contributed by atoms with E-state index in [9.17, 15) is 4.79 Å². The molecule has 2 aromatic heterocycles. The number of hydrogen-bond donors (Lipinski definition) is 0. The second-order valence-electron chi connectivity index (χ2n) is 7.26. The van der Waals surface area contributed by atoms with E-state index in [1.165, 1.54) is 12.8 Å². The molecule has 0 N–H and O–H groups in total. The Morgan fingerprint density at radius 2 is 2.08 bits per heavy atom. The highest BCUT2D eigenvalue weighted by Crippen LogP contribution is 2.38. The number of fused-ring (bicyclic) bond motifs is 1. The molecular formula is C18H21ClN4O. The summed E-state index contributed by atoms with van der Waals surface area (Å²) in [5.74, 6) is 0.695. The van der Waals surface area contributed by atoms with E-state index >= 15 is 0 Å². The Morgan fingerprint density at radius 1 is 1.33 bits per heavy atom. The number of pyridine rings is 1. The minimum atomic E-state index is -0.637. The lowest BCUT2D eigenvalue weighted by Gasteiger charge is -2.19. The number of hydrogen-bond acceptors (Lipinski definition) is 3. The zero-order valence-electron chi connectivity index (χ0n) is 14.2. The maximum Gasteiger partial charge on any atom is 0.254 e. The van der Waals surface area contributed by atoms with Crippen molar-refractivity contribution in [3.63, 3.8) is 0 Å². The van der Waals surface area contributed by atoms with Crippen LogP contribution in [0.1, 0.15) is 44.9 Å². The number of carbonyl (C=O) groups is 1. The fourth-order valence-corrected chi connectivity index (χ4v) is 3.48. The molecule has 0 spiro atoms. The van der Waals surface area contributed by atoms with Crippen LogP contribution in [0.25, 0.3) is 5.52 Å². The first kappa shape index (κ1) is 15.6. The summed E-state index contributed by atoms with van der Waals surface area (Å²) in [5, 5.41) is 11.7. The predicted octanol–water partition coefficient (Wildman–Crippen LogP) is 3.53. The molecule has 0 aromatic carbocycles. The Balaban J connectivity index is 1.87. The molecule has 1 saturated carbocycles. The summed E-state index contributed by atoms with van der Waals surface area (Å²) in [6.07, 6.45) is 4.97. The van der Waals surface area contributed by atoms with Crippen LogP contribution in [0.2, 0.25) is 5.02 Å². The van der Waals surface area contributed by atoms with Crippen LogP contribution in [0.4, 0.5) is 0 Å². The highest BCUT2D eigenvalue weighted by atomic mass is 35.5. The van der Waals surface area contributed by atoms with Gasteiger partial charge in [-0.1, -0.05) is 18.5 Å². The summed E-state index contributed by atoms with van der Waals surface area (Å²) < 4.78 is 1.79. The second-order valence-corrected chi connectivity index (χ2v) is 7.69.